The second kappa shape index (κ2) is 5.34. The molecular weight excluding hydrogens is 382 g/mol. The van der Waals surface area contributed by atoms with Gasteiger partial charge in [-0.05, 0) is 34.5 Å². The van der Waals surface area contributed by atoms with Crippen LogP contribution in [0.2, 0.25) is 0 Å². The molecule has 2 aliphatic heterocycles. The normalized spacial score (nSPS) is 23.9. The van der Waals surface area contributed by atoms with E-state index < -0.39 is 22.1 Å². The zero-order valence-electron chi connectivity index (χ0n) is 10.8. The number of thiophene rings is 1. The molecule has 0 bridgehead atoms. The fourth-order valence-corrected chi connectivity index (χ4v) is 6.16. The second-order valence-corrected chi connectivity index (χ2v) is 9.41. The Hall–Kier alpha value is -0.970. The lowest BCUT2D eigenvalue weighted by molar-refractivity contribution is -0.126. The summed E-state index contributed by atoms with van der Waals surface area (Å²) in [7, 11) is -3.56. The van der Waals surface area contributed by atoms with Crippen LogP contribution in [0.1, 0.15) is 6.42 Å². The van der Waals surface area contributed by atoms with Crippen molar-refractivity contribution in [3.8, 4) is 0 Å². The van der Waals surface area contributed by atoms with E-state index in [1.165, 1.54) is 4.31 Å². The minimum absolute atomic E-state index is 0.0139. The average Bonchev–Trinajstić information content (AvgIpc) is 3.11. The molecule has 1 atom stereocenters. The summed E-state index contributed by atoms with van der Waals surface area (Å²) in [4.78, 5) is 24.4. The summed E-state index contributed by atoms with van der Waals surface area (Å²) in [6.45, 7) is 0.441. The zero-order chi connectivity index (χ0) is 15.2. The Kier molecular flexibility index (Phi) is 3.80. The number of imide groups is 1. The number of hydrogen-bond donors (Lipinski definition) is 1. The molecule has 0 aromatic carbocycles. The molecule has 1 aromatic rings. The van der Waals surface area contributed by atoms with Gasteiger partial charge in [-0.2, -0.15) is 4.31 Å². The van der Waals surface area contributed by atoms with Crippen molar-refractivity contribution in [3.05, 3.63) is 15.9 Å². The molecule has 1 aromatic heterocycles. The van der Waals surface area contributed by atoms with Gasteiger partial charge in [0.2, 0.25) is 5.91 Å². The fraction of sp³-hybridized carbons (Fsp3) is 0.455. The van der Waals surface area contributed by atoms with Crippen LogP contribution in [0.5, 0.6) is 0 Å². The van der Waals surface area contributed by atoms with Crippen LogP contribution in [0, 0.1) is 0 Å². The van der Waals surface area contributed by atoms with Crippen molar-refractivity contribution in [2.45, 2.75) is 16.7 Å². The maximum absolute atomic E-state index is 12.5. The molecule has 1 unspecified atom stereocenters. The standard InChI is InChI=1S/C11H12BrN3O4S2/c12-8-1-2-10(20-8)21(18,19)14-4-3-7(6-14)15-9(16)5-13-11(15)17/h1-2,7H,3-6H2,(H,13,17). The first-order chi connectivity index (χ1) is 9.89. The zero-order valence-corrected chi connectivity index (χ0v) is 14.0. The third-order valence-electron chi connectivity index (χ3n) is 3.51. The first kappa shape index (κ1) is 14.9. The third-order valence-corrected chi connectivity index (χ3v) is 7.47. The van der Waals surface area contributed by atoms with Crippen LogP contribution in [0.15, 0.2) is 20.1 Å². The van der Waals surface area contributed by atoms with Gasteiger partial charge in [0.15, 0.2) is 0 Å². The van der Waals surface area contributed by atoms with E-state index in [4.69, 9.17) is 0 Å². The van der Waals surface area contributed by atoms with E-state index in [2.05, 4.69) is 21.2 Å². The van der Waals surface area contributed by atoms with Crippen LogP contribution in [0.4, 0.5) is 4.79 Å². The molecule has 0 spiro atoms. The van der Waals surface area contributed by atoms with Gasteiger partial charge >= 0.3 is 6.03 Å². The lowest BCUT2D eigenvalue weighted by Crippen LogP contribution is -2.42. The molecule has 2 aliphatic rings. The van der Waals surface area contributed by atoms with Crippen LogP contribution >= 0.6 is 27.3 Å². The number of hydrogen-bond acceptors (Lipinski definition) is 5. The van der Waals surface area contributed by atoms with Gasteiger partial charge in [-0.25, -0.2) is 13.2 Å². The van der Waals surface area contributed by atoms with Gasteiger partial charge in [0.05, 0.1) is 16.4 Å². The van der Waals surface area contributed by atoms with E-state index in [9.17, 15) is 18.0 Å². The Labute approximate surface area is 134 Å². The highest BCUT2D eigenvalue weighted by Gasteiger charge is 2.42. The lowest BCUT2D eigenvalue weighted by Gasteiger charge is -2.21. The second-order valence-electron chi connectivity index (χ2n) is 4.79. The van der Waals surface area contributed by atoms with Crippen molar-refractivity contribution in [2.75, 3.05) is 19.6 Å². The highest BCUT2D eigenvalue weighted by molar-refractivity contribution is 9.11. The summed E-state index contributed by atoms with van der Waals surface area (Å²) in [6, 6.07) is 2.40. The summed E-state index contributed by atoms with van der Waals surface area (Å²) in [5.74, 6) is -0.303. The Morgan fingerprint density at radius 1 is 1.33 bits per heavy atom. The maximum atomic E-state index is 12.5. The number of nitrogens with zero attached hydrogens (tertiary/aromatic N) is 2. The molecule has 3 heterocycles. The number of nitrogens with one attached hydrogen (secondary N) is 1. The van der Waals surface area contributed by atoms with Crippen LogP contribution in [0.25, 0.3) is 0 Å². The molecule has 0 radical (unpaired) electrons. The topological polar surface area (TPSA) is 86.8 Å². The van der Waals surface area contributed by atoms with Crippen molar-refractivity contribution < 1.29 is 18.0 Å². The van der Waals surface area contributed by atoms with Gasteiger partial charge in [-0.3, -0.25) is 9.69 Å². The number of urea groups is 1. The molecule has 114 valence electrons. The summed E-state index contributed by atoms with van der Waals surface area (Å²) >= 11 is 4.39. The predicted molar refractivity (Wildman–Crippen MR) is 79.4 cm³/mol. The molecule has 1 N–H and O–H groups in total. The first-order valence-corrected chi connectivity index (χ1v) is 9.30. The van der Waals surface area contributed by atoms with Crippen molar-refractivity contribution in [3.63, 3.8) is 0 Å². The first-order valence-electron chi connectivity index (χ1n) is 6.25. The summed E-state index contributed by atoms with van der Waals surface area (Å²) in [5.41, 5.74) is 0. The number of carbonyl (C=O) groups excluding carboxylic acids is 2. The molecule has 0 aliphatic carbocycles. The molecular formula is C11H12BrN3O4S2. The van der Waals surface area contributed by atoms with Gasteiger partial charge < -0.3 is 5.32 Å². The molecule has 2 fully saturated rings. The SMILES string of the molecule is O=C1CNC(=O)N1C1CCN(S(=O)(=O)c2ccc(Br)s2)C1. The van der Waals surface area contributed by atoms with E-state index >= 15 is 0 Å². The van der Waals surface area contributed by atoms with E-state index in [1.807, 2.05) is 0 Å². The van der Waals surface area contributed by atoms with Crippen LogP contribution in [-0.4, -0.2) is 55.2 Å². The minimum atomic E-state index is -3.56. The van der Waals surface area contributed by atoms with Crippen LogP contribution in [-0.2, 0) is 14.8 Å². The molecule has 3 amide bonds. The Morgan fingerprint density at radius 3 is 2.67 bits per heavy atom. The third kappa shape index (κ3) is 2.60. The van der Waals surface area contributed by atoms with Crippen LogP contribution < -0.4 is 5.32 Å². The van der Waals surface area contributed by atoms with Gasteiger partial charge in [0.1, 0.15) is 4.21 Å². The van der Waals surface area contributed by atoms with Crippen molar-refractivity contribution in [1.82, 2.24) is 14.5 Å². The quantitative estimate of drug-likeness (QED) is 0.770. The van der Waals surface area contributed by atoms with Gasteiger partial charge in [0, 0.05) is 13.1 Å². The van der Waals surface area contributed by atoms with Crippen molar-refractivity contribution in [2.24, 2.45) is 0 Å². The van der Waals surface area contributed by atoms with E-state index in [-0.39, 0.29) is 23.2 Å². The average molecular weight is 394 g/mol. The minimum Gasteiger partial charge on any atom is -0.329 e. The van der Waals surface area contributed by atoms with Crippen molar-refractivity contribution in [1.29, 1.82) is 0 Å². The smallest absolute Gasteiger partial charge is 0.324 e. The Balaban J connectivity index is 1.78. The summed E-state index contributed by atoms with van der Waals surface area (Å²) in [6.07, 6.45) is 0.463. The molecule has 10 heteroatoms. The number of halogens is 1. The Bertz CT molecular complexity index is 686. The van der Waals surface area contributed by atoms with E-state index in [0.29, 0.717) is 13.0 Å². The monoisotopic (exact) mass is 393 g/mol. The Morgan fingerprint density at radius 2 is 2.10 bits per heavy atom. The maximum Gasteiger partial charge on any atom is 0.324 e. The molecule has 7 nitrogen and oxygen atoms in total. The van der Waals surface area contributed by atoms with E-state index in [0.717, 1.165) is 20.0 Å². The van der Waals surface area contributed by atoms with Crippen LogP contribution in [0.3, 0.4) is 0 Å². The summed E-state index contributed by atoms with van der Waals surface area (Å²) < 4.78 is 27.3. The number of amides is 3. The van der Waals surface area contributed by atoms with E-state index in [1.54, 1.807) is 12.1 Å². The fourth-order valence-electron chi connectivity index (χ4n) is 2.51. The molecule has 21 heavy (non-hydrogen) atoms. The number of carbonyl (C=O) groups is 2. The van der Waals surface area contributed by atoms with Gasteiger partial charge in [-0.15, -0.1) is 11.3 Å². The van der Waals surface area contributed by atoms with Crippen molar-refractivity contribution >= 4 is 49.2 Å². The molecule has 0 saturated carbocycles. The molecule has 2 saturated heterocycles. The molecule has 3 rings (SSSR count). The predicted octanol–water partition coefficient (Wildman–Crippen LogP) is 0.825. The summed E-state index contributed by atoms with van der Waals surface area (Å²) in [5, 5.41) is 2.45. The highest BCUT2D eigenvalue weighted by atomic mass is 79.9. The lowest BCUT2D eigenvalue weighted by atomic mass is 10.2. The number of sulfonamides is 1. The van der Waals surface area contributed by atoms with Gasteiger partial charge in [0.25, 0.3) is 10.0 Å². The highest BCUT2D eigenvalue weighted by Crippen LogP contribution is 2.31. The van der Waals surface area contributed by atoms with Gasteiger partial charge in [-0.1, -0.05) is 0 Å². The number of rotatable bonds is 3. The largest absolute Gasteiger partial charge is 0.329 e.